The van der Waals surface area contributed by atoms with Crippen molar-refractivity contribution in [3.63, 3.8) is 0 Å². The summed E-state index contributed by atoms with van der Waals surface area (Å²) in [6.45, 7) is 15.8. The van der Waals surface area contributed by atoms with E-state index in [0.717, 1.165) is 20.8 Å². The first-order valence-electron chi connectivity index (χ1n) is 14.8. The molecule has 0 bridgehead atoms. The summed E-state index contributed by atoms with van der Waals surface area (Å²) >= 11 is 0. The van der Waals surface area contributed by atoms with E-state index in [4.69, 9.17) is 28.4 Å². The van der Waals surface area contributed by atoms with E-state index in [1.807, 2.05) is 71.9 Å². The first-order chi connectivity index (χ1) is 20.7. The number of benzene rings is 1. The van der Waals surface area contributed by atoms with Crippen LogP contribution in [-0.2, 0) is 58.0 Å². The Kier molecular flexibility index (Phi) is 10.8. The van der Waals surface area contributed by atoms with Gasteiger partial charge in [-0.05, 0) is 28.5 Å². The lowest BCUT2D eigenvalue weighted by Crippen LogP contribution is -2.63. The summed E-state index contributed by atoms with van der Waals surface area (Å²) < 4.78 is 35.1. The smallest absolute Gasteiger partial charge is 0.303 e. The van der Waals surface area contributed by atoms with Gasteiger partial charge in [0.25, 0.3) is 0 Å². The van der Waals surface area contributed by atoms with E-state index in [9.17, 15) is 24.0 Å². The van der Waals surface area contributed by atoms with E-state index < -0.39 is 77.6 Å². The van der Waals surface area contributed by atoms with E-state index >= 15 is 0 Å². The fourth-order valence-corrected chi connectivity index (χ4v) is 5.34. The minimum atomic E-state index is -1.48. The first-order valence-corrected chi connectivity index (χ1v) is 14.8. The summed E-state index contributed by atoms with van der Waals surface area (Å²) in [6.07, 6.45) is -3.41. The molecule has 0 saturated carbocycles. The molecule has 246 valence electrons. The number of rotatable bonds is 8. The summed E-state index contributed by atoms with van der Waals surface area (Å²) in [5.41, 5.74) is -1.05. The fourth-order valence-electron chi connectivity index (χ4n) is 5.34. The van der Waals surface area contributed by atoms with Crippen LogP contribution in [0.1, 0.15) is 74.8 Å². The Labute approximate surface area is 264 Å². The molecule has 0 N–H and O–H groups in total. The van der Waals surface area contributed by atoms with Crippen molar-refractivity contribution in [2.24, 2.45) is 10.8 Å². The van der Waals surface area contributed by atoms with Crippen LogP contribution < -0.4 is 0 Å². The van der Waals surface area contributed by atoms with Crippen molar-refractivity contribution < 1.29 is 52.4 Å². The maximum Gasteiger partial charge on any atom is 0.303 e. The Morgan fingerprint density at radius 3 is 1.62 bits per heavy atom. The maximum absolute atomic E-state index is 13.9. The SMILES string of the molecule is CC(=O)OC[C@H]1O[C@@H](OC2(c3ccccc3)C=C(C(C)(C)C)C(=O)C(C(C)(C)C)=C2)[C@H](OC(C)=O)[C@@H](OC(C)=O)[C@@H]1OC(C)=O. The van der Waals surface area contributed by atoms with Crippen molar-refractivity contribution >= 4 is 29.7 Å². The average Bonchev–Trinajstić information content (AvgIpc) is 2.90. The zero-order valence-electron chi connectivity index (χ0n) is 27.6. The summed E-state index contributed by atoms with van der Waals surface area (Å²) in [4.78, 5) is 62.7. The van der Waals surface area contributed by atoms with E-state index in [0.29, 0.717) is 16.7 Å². The molecule has 3 rings (SSSR count). The van der Waals surface area contributed by atoms with Crippen molar-refractivity contribution in [1.82, 2.24) is 0 Å². The number of ether oxygens (including phenoxy) is 6. The summed E-state index contributed by atoms with van der Waals surface area (Å²) in [5.74, 6) is -3.01. The number of hydrogen-bond acceptors (Lipinski definition) is 11. The van der Waals surface area contributed by atoms with E-state index in [1.165, 1.54) is 6.92 Å². The lowest BCUT2D eigenvalue weighted by Gasteiger charge is -2.47. The van der Waals surface area contributed by atoms with Crippen LogP contribution in [0.2, 0.25) is 0 Å². The van der Waals surface area contributed by atoms with Crippen LogP contribution in [0.3, 0.4) is 0 Å². The lowest BCUT2D eigenvalue weighted by molar-refractivity contribution is -0.322. The molecule has 0 unspecified atom stereocenters. The van der Waals surface area contributed by atoms with Gasteiger partial charge in [0.1, 0.15) is 18.3 Å². The van der Waals surface area contributed by atoms with Gasteiger partial charge >= 0.3 is 23.9 Å². The molecule has 45 heavy (non-hydrogen) atoms. The molecule has 11 nitrogen and oxygen atoms in total. The number of carbonyl (C=O) groups is 5. The van der Waals surface area contributed by atoms with Crippen LogP contribution in [0.15, 0.2) is 53.6 Å². The van der Waals surface area contributed by atoms with Gasteiger partial charge in [-0.15, -0.1) is 0 Å². The van der Waals surface area contributed by atoms with Crippen LogP contribution in [0.25, 0.3) is 0 Å². The number of Topliss-reactive ketones (excluding diaryl/α,β-unsaturated/α-hetero) is 1. The van der Waals surface area contributed by atoms with Gasteiger partial charge in [0.15, 0.2) is 24.1 Å². The largest absolute Gasteiger partial charge is 0.463 e. The summed E-state index contributed by atoms with van der Waals surface area (Å²) in [7, 11) is 0. The standard InChI is InChI=1S/C34H44O11/c1-19(35)40-18-26-28(41-20(2)36)29(42-21(3)37)30(43-22(4)38)31(44-26)45-34(23-14-12-11-13-15-23)16-24(32(5,6)7)27(39)25(17-34)33(8,9)10/h11-17,26,28-31H,18H2,1-10H3/t26-,28-,29+,30-,31+/m1/s1. The predicted molar refractivity (Wildman–Crippen MR) is 161 cm³/mol. The van der Waals surface area contributed by atoms with Crippen LogP contribution >= 0.6 is 0 Å². The lowest BCUT2D eigenvalue weighted by atomic mass is 9.68. The first kappa shape index (κ1) is 35.6. The van der Waals surface area contributed by atoms with E-state index in [1.54, 1.807) is 12.2 Å². The molecule has 1 aliphatic heterocycles. The number of esters is 4. The molecule has 5 atom stereocenters. The Morgan fingerprint density at radius 2 is 1.18 bits per heavy atom. The molecule has 2 aliphatic rings. The highest BCUT2D eigenvalue weighted by Gasteiger charge is 2.55. The second-order valence-electron chi connectivity index (χ2n) is 13.3. The van der Waals surface area contributed by atoms with Crippen molar-refractivity contribution in [2.75, 3.05) is 6.61 Å². The molecule has 0 amide bonds. The molecule has 1 fully saturated rings. The molecule has 1 aromatic carbocycles. The molecule has 0 radical (unpaired) electrons. The molecular formula is C34H44O11. The zero-order valence-corrected chi connectivity index (χ0v) is 27.6. The second-order valence-corrected chi connectivity index (χ2v) is 13.3. The number of hydrogen-bond donors (Lipinski definition) is 0. The Bertz CT molecular complexity index is 1330. The normalized spacial score (nSPS) is 24.9. The average molecular weight is 629 g/mol. The maximum atomic E-state index is 13.9. The van der Waals surface area contributed by atoms with E-state index in [2.05, 4.69) is 0 Å². The van der Waals surface area contributed by atoms with Gasteiger partial charge < -0.3 is 28.4 Å². The van der Waals surface area contributed by atoms with Crippen LogP contribution in [0.4, 0.5) is 0 Å². The minimum Gasteiger partial charge on any atom is -0.463 e. The van der Waals surface area contributed by atoms with Gasteiger partial charge in [-0.25, -0.2) is 0 Å². The molecular weight excluding hydrogens is 584 g/mol. The highest BCUT2D eigenvalue weighted by atomic mass is 16.7. The van der Waals surface area contributed by atoms with Crippen LogP contribution in [0, 0.1) is 10.8 Å². The molecule has 1 aromatic rings. The summed E-state index contributed by atoms with van der Waals surface area (Å²) in [6, 6.07) is 9.13. The highest BCUT2D eigenvalue weighted by molar-refractivity contribution is 6.11. The Morgan fingerprint density at radius 1 is 0.711 bits per heavy atom. The van der Waals surface area contributed by atoms with Crippen molar-refractivity contribution in [2.45, 2.75) is 106 Å². The fraction of sp³-hybridized carbons (Fsp3) is 0.559. The van der Waals surface area contributed by atoms with Gasteiger partial charge in [-0.2, -0.15) is 0 Å². The molecule has 0 spiro atoms. The second kappa shape index (κ2) is 13.7. The van der Waals surface area contributed by atoms with Gasteiger partial charge in [0.05, 0.1) is 0 Å². The third-order valence-electron chi connectivity index (χ3n) is 7.31. The Balaban J connectivity index is 2.32. The minimum absolute atomic E-state index is 0.133. The molecule has 11 heteroatoms. The molecule has 1 saturated heterocycles. The van der Waals surface area contributed by atoms with Gasteiger partial charge in [-0.1, -0.05) is 71.9 Å². The number of carbonyl (C=O) groups excluding carboxylic acids is 5. The monoisotopic (exact) mass is 628 g/mol. The molecule has 1 aliphatic carbocycles. The van der Waals surface area contributed by atoms with Crippen molar-refractivity contribution in [1.29, 1.82) is 0 Å². The van der Waals surface area contributed by atoms with Gasteiger partial charge in [0, 0.05) is 38.8 Å². The molecule has 1 heterocycles. The predicted octanol–water partition coefficient (Wildman–Crippen LogP) is 4.51. The van der Waals surface area contributed by atoms with Crippen LogP contribution in [-0.4, -0.2) is 67.0 Å². The highest BCUT2D eigenvalue weighted by Crippen LogP contribution is 2.47. The third-order valence-corrected chi connectivity index (χ3v) is 7.31. The number of allylic oxidation sites excluding steroid dienone is 2. The number of ketones is 1. The third kappa shape index (κ3) is 8.67. The van der Waals surface area contributed by atoms with Crippen LogP contribution in [0.5, 0.6) is 0 Å². The quantitative estimate of drug-likeness (QED) is 0.297. The van der Waals surface area contributed by atoms with Gasteiger partial charge in [-0.3, -0.25) is 24.0 Å². The van der Waals surface area contributed by atoms with E-state index in [-0.39, 0.29) is 5.78 Å². The van der Waals surface area contributed by atoms with Crippen molar-refractivity contribution in [3.8, 4) is 0 Å². The van der Waals surface area contributed by atoms with Gasteiger partial charge in [0.2, 0.25) is 6.29 Å². The summed E-state index contributed by atoms with van der Waals surface area (Å²) in [5, 5.41) is 0. The topological polar surface area (TPSA) is 141 Å². The molecule has 0 aromatic heterocycles. The van der Waals surface area contributed by atoms with Crippen molar-refractivity contribution in [3.05, 3.63) is 59.2 Å². The zero-order chi connectivity index (χ0) is 33.9. The Hall–Kier alpha value is -3.83.